The second kappa shape index (κ2) is 10.9. The summed E-state index contributed by atoms with van der Waals surface area (Å²) in [6, 6.07) is 26.7. The van der Waals surface area contributed by atoms with Crippen molar-refractivity contribution in [2.45, 2.75) is 32.6 Å². The molecular weight excluding hydrogens is 498 g/mol. The lowest BCUT2D eigenvalue weighted by Crippen LogP contribution is -2.29. The largest absolute Gasteiger partial charge is 0.507 e. The number of Topliss-reactive ketones (excluding diaryl/α,β-unsaturated/α-hetero) is 1. The first-order valence-electron chi connectivity index (χ1n) is 12.3. The number of hydrogen-bond donors (Lipinski definition) is 1. The quantitative estimate of drug-likeness (QED) is 0.157. The number of anilines is 1. The molecule has 5 rings (SSSR count). The van der Waals surface area contributed by atoms with Crippen molar-refractivity contribution in [3.8, 4) is 11.5 Å². The third-order valence-corrected chi connectivity index (χ3v) is 7.04. The maximum atomic E-state index is 13.3. The predicted molar refractivity (Wildman–Crippen MR) is 149 cm³/mol. The van der Waals surface area contributed by atoms with E-state index in [1.54, 1.807) is 48.5 Å². The van der Waals surface area contributed by atoms with Crippen molar-refractivity contribution in [1.82, 2.24) is 0 Å². The third kappa shape index (κ3) is 5.19. The Hall–Kier alpha value is -4.36. The molecule has 1 aromatic heterocycles. The maximum absolute atomic E-state index is 13.3. The molecule has 1 aliphatic rings. The number of aliphatic hydroxyl groups is 1. The molecular formula is C31H27NO5S. The van der Waals surface area contributed by atoms with Crippen LogP contribution in [0.2, 0.25) is 0 Å². The van der Waals surface area contributed by atoms with Gasteiger partial charge in [0.15, 0.2) is 0 Å². The molecule has 2 heterocycles. The van der Waals surface area contributed by atoms with Crippen LogP contribution in [0.3, 0.4) is 0 Å². The third-order valence-electron chi connectivity index (χ3n) is 6.12. The zero-order chi connectivity index (χ0) is 26.6. The number of benzene rings is 3. The van der Waals surface area contributed by atoms with E-state index in [9.17, 15) is 14.7 Å². The van der Waals surface area contributed by atoms with Gasteiger partial charge in [0.25, 0.3) is 11.7 Å². The number of ether oxygens (including phenoxy) is 2. The normalized spacial score (nSPS) is 16.7. The minimum Gasteiger partial charge on any atom is -0.507 e. The molecule has 192 valence electrons. The standard InChI is InChI=1S/C31H27NO5S/c1-20(2)37-25-14-10-22(11-15-25)29(33)27-28(26-9-6-18-38-26)32(31(35)30(27)34)23-12-16-24(17-13-23)36-19-21-7-4-3-5-8-21/h3-18,20,28,33H,19H2,1-2H3/b29-27-. The lowest BCUT2D eigenvalue weighted by atomic mass is 9.99. The summed E-state index contributed by atoms with van der Waals surface area (Å²) in [4.78, 5) is 28.8. The van der Waals surface area contributed by atoms with Crippen LogP contribution < -0.4 is 14.4 Å². The molecule has 0 bridgehead atoms. The van der Waals surface area contributed by atoms with Gasteiger partial charge in [-0.3, -0.25) is 14.5 Å². The first kappa shape index (κ1) is 25.3. The van der Waals surface area contributed by atoms with Gasteiger partial charge >= 0.3 is 0 Å². The molecule has 1 fully saturated rings. The number of thiophene rings is 1. The fourth-order valence-electron chi connectivity index (χ4n) is 4.38. The van der Waals surface area contributed by atoms with Crippen molar-refractivity contribution in [2.75, 3.05) is 4.90 Å². The van der Waals surface area contributed by atoms with Gasteiger partial charge in [0.2, 0.25) is 0 Å². The number of rotatable bonds is 8. The zero-order valence-corrected chi connectivity index (χ0v) is 21.9. The Morgan fingerprint density at radius 2 is 1.58 bits per heavy atom. The van der Waals surface area contributed by atoms with Gasteiger partial charge in [-0.1, -0.05) is 36.4 Å². The molecule has 0 aliphatic carbocycles. The highest BCUT2D eigenvalue weighted by molar-refractivity contribution is 7.10. The molecule has 0 radical (unpaired) electrons. The van der Waals surface area contributed by atoms with E-state index in [4.69, 9.17) is 9.47 Å². The molecule has 1 amide bonds. The summed E-state index contributed by atoms with van der Waals surface area (Å²) in [6.07, 6.45) is 0.00808. The highest BCUT2D eigenvalue weighted by Crippen LogP contribution is 2.44. The van der Waals surface area contributed by atoms with Crippen LogP contribution >= 0.6 is 11.3 Å². The fourth-order valence-corrected chi connectivity index (χ4v) is 5.20. The van der Waals surface area contributed by atoms with Crippen molar-refractivity contribution < 1.29 is 24.2 Å². The SMILES string of the molecule is CC(C)Oc1ccc(/C(O)=C2/C(=O)C(=O)N(c3ccc(OCc4ccccc4)cc3)C2c2cccs2)cc1. The Morgan fingerprint density at radius 1 is 0.895 bits per heavy atom. The van der Waals surface area contributed by atoms with Crippen molar-refractivity contribution in [3.05, 3.63) is 118 Å². The molecule has 1 saturated heterocycles. The Labute approximate surface area is 225 Å². The smallest absolute Gasteiger partial charge is 0.300 e. The lowest BCUT2D eigenvalue weighted by Gasteiger charge is -2.24. The van der Waals surface area contributed by atoms with E-state index < -0.39 is 17.7 Å². The summed E-state index contributed by atoms with van der Waals surface area (Å²) in [7, 11) is 0. The predicted octanol–water partition coefficient (Wildman–Crippen LogP) is 6.74. The summed E-state index contributed by atoms with van der Waals surface area (Å²) in [5.74, 6) is -0.342. The summed E-state index contributed by atoms with van der Waals surface area (Å²) in [5, 5.41) is 13.1. The summed E-state index contributed by atoms with van der Waals surface area (Å²) < 4.78 is 11.6. The van der Waals surface area contributed by atoms with Crippen molar-refractivity contribution in [2.24, 2.45) is 0 Å². The van der Waals surface area contributed by atoms with Gasteiger partial charge in [0.1, 0.15) is 29.9 Å². The Kier molecular flexibility index (Phi) is 7.29. The average Bonchev–Trinajstić information content (AvgIpc) is 3.55. The molecule has 1 N–H and O–H groups in total. The number of aliphatic hydroxyl groups excluding tert-OH is 1. The summed E-state index contributed by atoms with van der Waals surface area (Å²) in [5.41, 5.74) is 2.07. The van der Waals surface area contributed by atoms with Crippen LogP contribution in [-0.2, 0) is 16.2 Å². The molecule has 38 heavy (non-hydrogen) atoms. The second-order valence-corrected chi connectivity index (χ2v) is 10.1. The molecule has 6 nitrogen and oxygen atoms in total. The van der Waals surface area contributed by atoms with Gasteiger partial charge in [-0.05, 0) is 79.4 Å². The van der Waals surface area contributed by atoms with Crippen LogP contribution in [-0.4, -0.2) is 22.9 Å². The highest BCUT2D eigenvalue weighted by Gasteiger charge is 2.47. The van der Waals surface area contributed by atoms with Crippen molar-refractivity contribution >= 4 is 34.5 Å². The Bertz CT molecular complexity index is 1440. The molecule has 0 spiro atoms. The number of ketones is 1. The van der Waals surface area contributed by atoms with E-state index in [0.29, 0.717) is 29.4 Å². The number of nitrogens with zero attached hydrogens (tertiary/aromatic N) is 1. The van der Waals surface area contributed by atoms with Crippen LogP contribution in [0.1, 0.15) is 35.9 Å². The van der Waals surface area contributed by atoms with Gasteiger partial charge in [0, 0.05) is 16.1 Å². The van der Waals surface area contributed by atoms with E-state index >= 15 is 0 Å². The molecule has 7 heteroatoms. The van der Waals surface area contributed by atoms with Gasteiger partial charge in [-0.25, -0.2) is 0 Å². The molecule has 0 saturated carbocycles. The second-order valence-electron chi connectivity index (χ2n) is 9.14. The average molecular weight is 526 g/mol. The Balaban J connectivity index is 1.47. The van der Waals surface area contributed by atoms with Crippen LogP contribution in [0, 0.1) is 0 Å². The molecule has 1 atom stereocenters. The summed E-state index contributed by atoms with van der Waals surface area (Å²) in [6.45, 7) is 4.28. The minimum atomic E-state index is -0.752. The van der Waals surface area contributed by atoms with Crippen molar-refractivity contribution in [3.63, 3.8) is 0 Å². The van der Waals surface area contributed by atoms with Crippen LogP contribution in [0.4, 0.5) is 5.69 Å². The van der Waals surface area contributed by atoms with Gasteiger partial charge in [0.05, 0.1) is 11.7 Å². The number of carbonyl (C=O) groups excluding carboxylic acids is 2. The van der Waals surface area contributed by atoms with Gasteiger partial charge in [-0.2, -0.15) is 0 Å². The summed E-state index contributed by atoms with van der Waals surface area (Å²) >= 11 is 1.42. The van der Waals surface area contributed by atoms with Crippen molar-refractivity contribution in [1.29, 1.82) is 0 Å². The monoisotopic (exact) mass is 525 g/mol. The van der Waals surface area contributed by atoms with E-state index in [1.165, 1.54) is 16.2 Å². The minimum absolute atomic E-state index is 0.00808. The lowest BCUT2D eigenvalue weighted by molar-refractivity contribution is -0.132. The highest BCUT2D eigenvalue weighted by atomic mass is 32.1. The fraction of sp³-hybridized carbons (Fsp3) is 0.161. The van der Waals surface area contributed by atoms with Crippen LogP contribution in [0.15, 0.2) is 102 Å². The van der Waals surface area contributed by atoms with Gasteiger partial charge in [-0.15, -0.1) is 11.3 Å². The van der Waals surface area contributed by atoms with E-state index in [1.807, 2.05) is 61.7 Å². The molecule has 3 aromatic carbocycles. The maximum Gasteiger partial charge on any atom is 0.300 e. The molecule has 4 aromatic rings. The first-order valence-corrected chi connectivity index (χ1v) is 13.2. The number of carbonyl (C=O) groups is 2. The number of amides is 1. The van der Waals surface area contributed by atoms with E-state index in [0.717, 1.165) is 10.4 Å². The molecule has 1 unspecified atom stereocenters. The zero-order valence-electron chi connectivity index (χ0n) is 21.0. The van der Waals surface area contributed by atoms with Crippen LogP contribution in [0.5, 0.6) is 11.5 Å². The number of hydrogen-bond acceptors (Lipinski definition) is 6. The first-order chi connectivity index (χ1) is 18.4. The van der Waals surface area contributed by atoms with E-state index in [-0.39, 0.29) is 17.4 Å². The Morgan fingerprint density at radius 3 is 2.21 bits per heavy atom. The molecule has 1 aliphatic heterocycles. The van der Waals surface area contributed by atoms with Crippen LogP contribution in [0.25, 0.3) is 5.76 Å². The van der Waals surface area contributed by atoms with Gasteiger partial charge < -0.3 is 14.6 Å². The van der Waals surface area contributed by atoms with E-state index in [2.05, 4.69) is 0 Å². The topological polar surface area (TPSA) is 76.1 Å².